The number of hydrazone groups is 1. The SMILES string of the molecule is CN/N=C(/CO)N(C)C=O. The van der Waals surface area contributed by atoms with Gasteiger partial charge in [-0.3, -0.25) is 4.79 Å². The molecule has 0 rings (SSSR count). The first-order valence-electron chi connectivity index (χ1n) is 2.78. The van der Waals surface area contributed by atoms with Gasteiger partial charge >= 0.3 is 0 Å². The normalized spacial score (nSPS) is 10.9. The van der Waals surface area contributed by atoms with Crippen molar-refractivity contribution in [1.82, 2.24) is 10.3 Å². The molecule has 0 aromatic carbocycles. The summed E-state index contributed by atoms with van der Waals surface area (Å²) in [6.07, 6.45) is 0.576. The summed E-state index contributed by atoms with van der Waals surface area (Å²) in [6.45, 7) is -0.254. The van der Waals surface area contributed by atoms with Crippen LogP contribution in [0.3, 0.4) is 0 Å². The van der Waals surface area contributed by atoms with Crippen molar-refractivity contribution in [2.24, 2.45) is 5.10 Å². The highest BCUT2D eigenvalue weighted by molar-refractivity contribution is 5.90. The molecule has 5 nitrogen and oxygen atoms in total. The first-order valence-corrected chi connectivity index (χ1v) is 2.78. The number of nitrogens with zero attached hydrogens (tertiary/aromatic N) is 2. The van der Waals surface area contributed by atoms with Gasteiger partial charge in [0.15, 0.2) is 5.84 Å². The molecule has 0 aromatic rings. The second-order valence-electron chi connectivity index (χ2n) is 1.63. The quantitative estimate of drug-likeness (QED) is 0.222. The van der Waals surface area contributed by atoms with E-state index in [0.29, 0.717) is 6.41 Å². The maximum atomic E-state index is 10.1. The van der Waals surface area contributed by atoms with Crippen molar-refractivity contribution in [1.29, 1.82) is 0 Å². The van der Waals surface area contributed by atoms with Gasteiger partial charge in [0.25, 0.3) is 0 Å². The Morgan fingerprint density at radius 2 is 2.50 bits per heavy atom. The van der Waals surface area contributed by atoms with Crippen LogP contribution >= 0.6 is 0 Å². The average molecular weight is 145 g/mol. The van der Waals surface area contributed by atoms with Gasteiger partial charge in [-0.25, -0.2) is 0 Å². The maximum Gasteiger partial charge on any atom is 0.214 e. The molecule has 0 unspecified atom stereocenters. The van der Waals surface area contributed by atoms with E-state index in [9.17, 15) is 4.79 Å². The molecule has 0 bridgehead atoms. The summed E-state index contributed by atoms with van der Waals surface area (Å²) in [5, 5.41) is 12.2. The summed E-state index contributed by atoms with van der Waals surface area (Å²) in [5.74, 6) is 0.289. The molecule has 10 heavy (non-hydrogen) atoms. The Morgan fingerprint density at radius 3 is 2.80 bits per heavy atom. The van der Waals surface area contributed by atoms with Crippen LogP contribution in [0.4, 0.5) is 0 Å². The highest BCUT2D eigenvalue weighted by Crippen LogP contribution is 1.79. The number of aliphatic hydroxyl groups is 1. The van der Waals surface area contributed by atoms with Crippen LogP contribution in [0.25, 0.3) is 0 Å². The summed E-state index contributed by atoms with van der Waals surface area (Å²) >= 11 is 0. The summed E-state index contributed by atoms with van der Waals surface area (Å²) in [4.78, 5) is 11.3. The Labute approximate surface area is 59.3 Å². The zero-order valence-corrected chi connectivity index (χ0v) is 6.03. The smallest absolute Gasteiger partial charge is 0.214 e. The van der Waals surface area contributed by atoms with E-state index in [1.165, 1.54) is 11.9 Å². The topological polar surface area (TPSA) is 64.9 Å². The van der Waals surface area contributed by atoms with Gasteiger partial charge in [-0.1, -0.05) is 0 Å². The lowest BCUT2D eigenvalue weighted by atomic mass is 10.6. The van der Waals surface area contributed by atoms with Crippen LogP contribution in [0.15, 0.2) is 5.10 Å². The second kappa shape index (κ2) is 4.75. The minimum atomic E-state index is -0.254. The van der Waals surface area contributed by atoms with Crippen molar-refractivity contribution in [2.45, 2.75) is 0 Å². The number of rotatable bonds is 3. The number of amidine groups is 1. The summed E-state index contributed by atoms with van der Waals surface area (Å²) in [5.41, 5.74) is 2.46. The standard InChI is InChI=1S/C5H11N3O2/c1-6-7-5(3-9)8(2)4-10/h4,6,9H,3H2,1-2H3/b7-5-. The van der Waals surface area contributed by atoms with E-state index >= 15 is 0 Å². The number of carbonyl (C=O) groups excluding carboxylic acids is 1. The molecule has 1 amide bonds. The first kappa shape index (κ1) is 8.90. The highest BCUT2D eigenvalue weighted by atomic mass is 16.3. The van der Waals surface area contributed by atoms with Crippen LogP contribution in [0.1, 0.15) is 0 Å². The number of nitrogens with one attached hydrogen (secondary N) is 1. The van der Waals surface area contributed by atoms with Crippen LogP contribution in [0.5, 0.6) is 0 Å². The van der Waals surface area contributed by atoms with Crippen molar-refractivity contribution in [3.63, 3.8) is 0 Å². The lowest BCUT2D eigenvalue weighted by Crippen LogP contribution is -2.29. The summed E-state index contributed by atoms with van der Waals surface area (Å²) in [6, 6.07) is 0. The van der Waals surface area contributed by atoms with Crippen molar-refractivity contribution >= 4 is 12.2 Å². The molecule has 0 heterocycles. The van der Waals surface area contributed by atoms with Crippen molar-refractivity contribution < 1.29 is 9.90 Å². The lowest BCUT2D eigenvalue weighted by molar-refractivity contribution is -0.114. The summed E-state index contributed by atoms with van der Waals surface area (Å²) < 4.78 is 0. The number of hydrogen-bond donors (Lipinski definition) is 2. The minimum absolute atomic E-state index is 0.254. The van der Waals surface area contributed by atoms with Gasteiger partial charge in [0, 0.05) is 14.1 Å². The predicted octanol–water partition coefficient (Wildman–Crippen LogP) is -1.40. The van der Waals surface area contributed by atoms with E-state index in [4.69, 9.17) is 5.11 Å². The van der Waals surface area contributed by atoms with Crippen LogP contribution < -0.4 is 5.43 Å². The third kappa shape index (κ3) is 2.45. The highest BCUT2D eigenvalue weighted by Gasteiger charge is 2.01. The van der Waals surface area contributed by atoms with Gasteiger partial charge in [0.1, 0.15) is 6.61 Å². The molecular formula is C5H11N3O2. The van der Waals surface area contributed by atoms with Crippen LogP contribution in [0.2, 0.25) is 0 Å². The van der Waals surface area contributed by atoms with Crippen LogP contribution in [-0.4, -0.2) is 43.0 Å². The third-order valence-corrected chi connectivity index (χ3v) is 0.948. The molecule has 5 heteroatoms. The van der Waals surface area contributed by atoms with Gasteiger partial charge in [0.05, 0.1) is 0 Å². The van der Waals surface area contributed by atoms with E-state index < -0.39 is 0 Å². The van der Waals surface area contributed by atoms with Gasteiger partial charge < -0.3 is 15.4 Å². The minimum Gasteiger partial charge on any atom is -0.388 e. The average Bonchev–Trinajstić information content (AvgIpc) is 1.99. The molecule has 58 valence electrons. The van der Waals surface area contributed by atoms with E-state index in [1.807, 2.05) is 0 Å². The molecule has 0 radical (unpaired) electrons. The van der Waals surface area contributed by atoms with Crippen molar-refractivity contribution in [3.8, 4) is 0 Å². The maximum absolute atomic E-state index is 10.1. The Morgan fingerprint density at radius 1 is 1.90 bits per heavy atom. The van der Waals surface area contributed by atoms with Gasteiger partial charge in [-0.2, -0.15) is 5.10 Å². The fourth-order valence-electron chi connectivity index (χ4n) is 0.416. The monoisotopic (exact) mass is 145 g/mol. The Kier molecular flexibility index (Phi) is 4.23. The van der Waals surface area contributed by atoms with Crippen molar-refractivity contribution in [2.75, 3.05) is 20.7 Å². The molecular weight excluding hydrogens is 134 g/mol. The fraction of sp³-hybridized carbons (Fsp3) is 0.600. The molecule has 0 aliphatic carbocycles. The van der Waals surface area contributed by atoms with E-state index in [0.717, 1.165) is 0 Å². The van der Waals surface area contributed by atoms with Gasteiger partial charge in [-0.15, -0.1) is 0 Å². The van der Waals surface area contributed by atoms with Gasteiger partial charge in [-0.05, 0) is 0 Å². The number of amides is 1. The van der Waals surface area contributed by atoms with E-state index in [2.05, 4.69) is 10.5 Å². The zero-order chi connectivity index (χ0) is 7.98. The van der Waals surface area contributed by atoms with Gasteiger partial charge in [0.2, 0.25) is 6.41 Å². The molecule has 0 atom stereocenters. The Balaban J connectivity index is 4.04. The molecule has 0 aliphatic heterocycles. The zero-order valence-electron chi connectivity index (χ0n) is 6.03. The second-order valence-corrected chi connectivity index (χ2v) is 1.63. The number of carbonyl (C=O) groups is 1. The molecule has 0 saturated heterocycles. The largest absolute Gasteiger partial charge is 0.388 e. The van der Waals surface area contributed by atoms with Crippen LogP contribution in [-0.2, 0) is 4.79 Å². The van der Waals surface area contributed by atoms with Crippen LogP contribution in [0, 0.1) is 0 Å². The Bertz CT molecular complexity index is 135. The molecule has 0 fully saturated rings. The molecule has 0 spiro atoms. The third-order valence-electron chi connectivity index (χ3n) is 0.948. The summed E-state index contributed by atoms with van der Waals surface area (Å²) in [7, 11) is 3.10. The molecule has 0 aromatic heterocycles. The van der Waals surface area contributed by atoms with E-state index in [1.54, 1.807) is 7.05 Å². The molecule has 0 aliphatic rings. The van der Waals surface area contributed by atoms with E-state index in [-0.39, 0.29) is 12.4 Å². The Hall–Kier alpha value is -1.10. The fourth-order valence-corrected chi connectivity index (χ4v) is 0.416. The molecule has 0 saturated carbocycles. The predicted molar refractivity (Wildman–Crippen MR) is 37.4 cm³/mol. The number of aliphatic hydroxyl groups excluding tert-OH is 1. The lowest BCUT2D eigenvalue weighted by Gasteiger charge is -2.10. The number of likely N-dealkylation sites (N-methyl/N-ethyl adjacent to an activating group) is 1. The first-order chi connectivity index (χ1) is 4.76. The number of hydrogen-bond acceptors (Lipinski definition) is 4. The van der Waals surface area contributed by atoms with Crippen molar-refractivity contribution in [3.05, 3.63) is 0 Å². The molecule has 2 N–H and O–H groups in total.